The van der Waals surface area contributed by atoms with E-state index in [0.717, 1.165) is 24.0 Å². The monoisotopic (exact) mass is 395 g/mol. The third kappa shape index (κ3) is 3.30. The molecule has 3 heterocycles. The van der Waals surface area contributed by atoms with Crippen LogP contribution in [0, 0.1) is 0 Å². The second-order valence-corrected chi connectivity index (χ2v) is 7.99. The van der Waals surface area contributed by atoms with Gasteiger partial charge >= 0.3 is 0 Å². The van der Waals surface area contributed by atoms with Crippen molar-refractivity contribution < 1.29 is 9.53 Å². The molecule has 3 aromatic rings. The normalized spacial score (nSPS) is 22.5. The summed E-state index contributed by atoms with van der Waals surface area (Å²) in [6.07, 6.45) is 0.0697. The van der Waals surface area contributed by atoms with Crippen LogP contribution in [0.1, 0.15) is 16.1 Å². The number of carbonyl (C=O) groups excluding carboxylic acids is 1. The molecule has 0 bridgehead atoms. The topological polar surface area (TPSA) is 48.6 Å². The number of aromatic nitrogens is 1. The first kappa shape index (κ1) is 17.7. The Labute approximate surface area is 168 Å². The van der Waals surface area contributed by atoms with E-state index in [4.69, 9.17) is 16.3 Å². The molecule has 2 saturated heterocycles. The Balaban J connectivity index is 1.33. The number of halogens is 1. The summed E-state index contributed by atoms with van der Waals surface area (Å²) < 4.78 is 6.00. The Bertz CT molecular complexity index is 1000. The number of hydrogen-bond acceptors (Lipinski definition) is 3. The van der Waals surface area contributed by atoms with Crippen LogP contribution in [0.5, 0.6) is 0 Å². The molecule has 1 aromatic heterocycles. The molecule has 5 rings (SSSR count). The maximum absolute atomic E-state index is 13.1. The van der Waals surface area contributed by atoms with Crippen molar-refractivity contribution in [1.82, 2.24) is 14.8 Å². The van der Waals surface area contributed by atoms with Gasteiger partial charge in [0.2, 0.25) is 0 Å². The van der Waals surface area contributed by atoms with Gasteiger partial charge in [0, 0.05) is 42.1 Å². The van der Waals surface area contributed by atoms with Crippen molar-refractivity contribution in [2.45, 2.75) is 18.7 Å². The van der Waals surface area contributed by atoms with Gasteiger partial charge in [0.1, 0.15) is 5.69 Å². The van der Waals surface area contributed by atoms with Gasteiger partial charge in [-0.15, -0.1) is 0 Å². The lowest BCUT2D eigenvalue weighted by Gasteiger charge is -2.36. The lowest BCUT2D eigenvalue weighted by molar-refractivity contribution is -0.0503. The van der Waals surface area contributed by atoms with Gasteiger partial charge in [0.25, 0.3) is 5.91 Å². The highest BCUT2D eigenvalue weighted by Crippen LogP contribution is 2.27. The van der Waals surface area contributed by atoms with Crippen molar-refractivity contribution in [3.05, 3.63) is 70.9 Å². The van der Waals surface area contributed by atoms with Gasteiger partial charge < -0.3 is 14.6 Å². The summed E-state index contributed by atoms with van der Waals surface area (Å²) in [5, 5.41) is 1.65. The molecule has 5 nitrogen and oxygen atoms in total. The number of benzene rings is 2. The number of fused-ring (bicyclic) bond motifs is 2. The Morgan fingerprint density at radius 2 is 2.00 bits per heavy atom. The Kier molecular flexibility index (Phi) is 4.59. The van der Waals surface area contributed by atoms with Gasteiger partial charge in [0.05, 0.1) is 18.8 Å². The molecule has 28 heavy (non-hydrogen) atoms. The van der Waals surface area contributed by atoms with E-state index >= 15 is 0 Å². The molecule has 0 saturated carbocycles. The summed E-state index contributed by atoms with van der Waals surface area (Å²) in [5.41, 5.74) is 2.78. The van der Waals surface area contributed by atoms with Crippen LogP contribution < -0.4 is 0 Å². The number of likely N-dealkylation sites (tertiary alicyclic amines) is 1. The number of morpholine rings is 1. The minimum atomic E-state index is 0.0185. The van der Waals surface area contributed by atoms with Gasteiger partial charge in [0.15, 0.2) is 0 Å². The summed E-state index contributed by atoms with van der Waals surface area (Å²) in [5.74, 6) is 0.0185. The third-order valence-corrected chi connectivity index (χ3v) is 5.98. The second kappa shape index (κ2) is 7.24. The van der Waals surface area contributed by atoms with Gasteiger partial charge in [-0.25, -0.2) is 0 Å². The van der Waals surface area contributed by atoms with E-state index in [1.165, 1.54) is 5.56 Å². The zero-order valence-corrected chi connectivity index (χ0v) is 16.2. The quantitative estimate of drug-likeness (QED) is 0.737. The zero-order valence-electron chi connectivity index (χ0n) is 15.5. The molecule has 0 unspecified atom stereocenters. The standard InChI is InChI=1S/C22H22ClN3O2/c23-17-7-6-16-10-19(24-18(16)11-17)22(27)26-13-20-21(14-26)28-9-8-25(20)12-15-4-2-1-3-5-15/h1-7,10-11,20-21,24H,8-9,12-14H2/t20-,21-/m0/s1. The number of hydrogen-bond donors (Lipinski definition) is 1. The number of nitrogens with one attached hydrogen (secondary N) is 1. The van der Waals surface area contributed by atoms with Crippen molar-refractivity contribution >= 4 is 28.4 Å². The number of H-pyrrole nitrogens is 1. The first-order chi connectivity index (χ1) is 13.7. The summed E-state index contributed by atoms with van der Waals surface area (Å²) in [7, 11) is 0. The largest absolute Gasteiger partial charge is 0.373 e. The molecule has 1 amide bonds. The molecule has 144 valence electrons. The van der Waals surface area contributed by atoms with E-state index < -0.39 is 0 Å². The van der Waals surface area contributed by atoms with E-state index in [9.17, 15) is 4.79 Å². The molecular formula is C22H22ClN3O2. The summed E-state index contributed by atoms with van der Waals surface area (Å²) in [6.45, 7) is 3.81. The number of aromatic amines is 1. The fourth-order valence-corrected chi connectivity index (χ4v) is 4.50. The highest BCUT2D eigenvalue weighted by Gasteiger charge is 2.42. The zero-order chi connectivity index (χ0) is 19.1. The summed E-state index contributed by atoms with van der Waals surface area (Å²) in [6, 6.07) is 18.2. The van der Waals surface area contributed by atoms with Crippen LogP contribution in [-0.2, 0) is 11.3 Å². The van der Waals surface area contributed by atoms with Crippen LogP contribution in [0.3, 0.4) is 0 Å². The Morgan fingerprint density at radius 3 is 2.86 bits per heavy atom. The fourth-order valence-electron chi connectivity index (χ4n) is 4.32. The predicted molar refractivity (Wildman–Crippen MR) is 110 cm³/mol. The molecule has 2 atom stereocenters. The van der Waals surface area contributed by atoms with E-state index in [0.29, 0.717) is 30.4 Å². The smallest absolute Gasteiger partial charge is 0.270 e. The molecule has 1 N–H and O–H groups in total. The van der Waals surface area contributed by atoms with Gasteiger partial charge in [-0.2, -0.15) is 0 Å². The molecule has 2 fully saturated rings. The van der Waals surface area contributed by atoms with Gasteiger partial charge in [-0.05, 0) is 23.8 Å². The predicted octanol–water partition coefficient (Wildman–Crippen LogP) is 3.55. The molecule has 0 aliphatic carbocycles. The third-order valence-electron chi connectivity index (χ3n) is 5.75. The number of nitrogens with zero attached hydrogens (tertiary/aromatic N) is 2. The maximum Gasteiger partial charge on any atom is 0.270 e. The number of amides is 1. The van der Waals surface area contributed by atoms with Crippen molar-refractivity contribution in [3.63, 3.8) is 0 Å². The molecule has 0 spiro atoms. The van der Waals surface area contributed by atoms with E-state index in [-0.39, 0.29) is 18.1 Å². The minimum Gasteiger partial charge on any atom is -0.373 e. The van der Waals surface area contributed by atoms with Crippen LogP contribution in [0.2, 0.25) is 5.02 Å². The van der Waals surface area contributed by atoms with E-state index in [1.807, 2.05) is 35.2 Å². The van der Waals surface area contributed by atoms with Crippen molar-refractivity contribution in [1.29, 1.82) is 0 Å². The molecule has 6 heteroatoms. The lowest BCUT2D eigenvalue weighted by atomic mass is 10.1. The SMILES string of the molecule is O=C(c1cc2ccc(Cl)cc2[nH]1)N1C[C@@H]2OCCN(Cc3ccccc3)[C@H]2C1. The van der Waals surface area contributed by atoms with E-state index in [1.54, 1.807) is 0 Å². The van der Waals surface area contributed by atoms with Crippen LogP contribution in [0.15, 0.2) is 54.6 Å². The number of carbonyl (C=O) groups is 1. The van der Waals surface area contributed by atoms with Crippen molar-refractivity contribution in [3.8, 4) is 0 Å². The van der Waals surface area contributed by atoms with Crippen LogP contribution >= 0.6 is 11.6 Å². The van der Waals surface area contributed by atoms with Crippen LogP contribution in [0.25, 0.3) is 10.9 Å². The summed E-state index contributed by atoms with van der Waals surface area (Å²) >= 11 is 6.06. The fraction of sp³-hybridized carbons (Fsp3) is 0.318. The Morgan fingerprint density at radius 1 is 1.14 bits per heavy atom. The second-order valence-electron chi connectivity index (χ2n) is 7.56. The van der Waals surface area contributed by atoms with Gasteiger partial charge in [-0.1, -0.05) is 48.0 Å². The highest BCUT2D eigenvalue weighted by molar-refractivity contribution is 6.31. The maximum atomic E-state index is 13.1. The summed E-state index contributed by atoms with van der Waals surface area (Å²) in [4.78, 5) is 20.7. The van der Waals surface area contributed by atoms with E-state index in [2.05, 4.69) is 34.1 Å². The Hall–Kier alpha value is -2.34. The highest BCUT2D eigenvalue weighted by atomic mass is 35.5. The number of rotatable bonds is 3. The average molecular weight is 396 g/mol. The van der Waals surface area contributed by atoms with Crippen molar-refractivity contribution in [2.24, 2.45) is 0 Å². The van der Waals surface area contributed by atoms with Crippen LogP contribution in [0.4, 0.5) is 0 Å². The lowest BCUT2D eigenvalue weighted by Crippen LogP contribution is -2.50. The van der Waals surface area contributed by atoms with Crippen LogP contribution in [-0.4, -0.2) is 59.1 Å². The average Bonchev–Trinajstić information content (AvgIpc) is 3.32. The molecule has 0 radical (unpaired) electrons. The molecule has 2 aliphatic heterocycles. The minimum absolute atomic E-state index is 0.0185. The van der Waals surface area contributed by atoms with Crippen molar-refractivity contribution in [2.75, 3.05) is 26.2 Å². The first-order valence-corrected chi connectivity index (χ1v) is 10.0. The molecular weight excluding hydrogens is 374 g/mol. The molecule has 2 aromatic carbocycles. The number of ether oxygens (including phenoxy) is 1. The van der Waals surface area contributed by atoms with Gasteiger partial charge in [-0.3, -0.25) is 9.69 Å². The molecule has 2 aliphatic rings. The first-order valence-electron chi connectivity index (χ1n) is 9.64.